The maximum atomic E-state index is 11.7. The van der Waals surface area contributed by atoms with E-state index >= 15 is 0 Å². The first kappa shape index (κ1) is 34.7. The second-order valence-electron chi connectivity index (χ2n) is 9.74. The molecule has 5 rings (SSSR count). The first-order valence-electron chi connectivity index (χ1n) is 11.3. The molecule has 31 heavy (non-hydrogen) atoms. The Morgan fingerprint density at radius 1 is 0.903 bits per heavy atom. The van der Waals surface area contributed by atoms with Gasteiger partial charge in [0.2, 0.25) is 0 Å². The molecule has 8 heteroatoms. The number of ether oxygens (including phenoxy) is 1. The van der Waals surface area contributed by atoms with Crippen LogP contribution in [-0.2, 0) is 4.74 Å². The first-order chi connectivity index (χ1) is 12.6. The number of aliphatic hydroxyl groups is 1. The van der Waals surface area contributed by atoms with Crippen LogP contribution in [-0.4, -0.2) is 45.4 Å². The molecule has 0 radical (unpaired) electrons. The SMILES string of the molecule is C.O=C1OC2(CCCC2)C[C@@H]2CCCN12.OC1(CC2CCCC2)CCCC1.S.S.[K+].[OH-]. The summed E-state index contributed by atoms with van der Waals surface area (Å²) in [5.41, 5.74) is -0.294. The van der Waals surface area contributed by atoms with E-state index in [1.165, 1.54) is 57.8 Å². The number of rotatable bonds is 2. The van der Waals surface area contributed by atoms with Crippen molar-refractivity contribution in [1.82, 2.24) is 4.90 Å². The van der Waals surface area contributed by atoms with Gasteiger partial charge in [-0.2, -0.15) is 27.0 Å². The van der Waals surface area contributed by atoms with Crippen molar-refractivity contribution in [2.75, 3.05) is 6.54 Å². The van der Waals surface area contributed by atoms with E-state index in [2.05, 4.69) is 0 Å². The summed E-state index contributed by atoms with van der Waals surface area (Å²) in [6.45, 7) is 0.916. The minimum Gasteiger partial charge on any atom is -0.870 e. The molecule has 3 aliphatic carbocycles. The summed E-state index contributed by atoms with van der Waals surface area (Å²) in [6, 6.07) is 0.495. The average molecular weight is 504 g/mol. The molecular weight excluding hydrogens is 457 g/mol. The fourth-order valence-electron chi connectivity index (χ4n) is 6.32. The van der Waals surface area contributed by atoms with Gasteiger partial charge in [-0.25, -0.2) is 4.79 Å². The van der Waals surface area contributed by atoms with Crippen LogP contribution in [0.3, 0.4) is 0 Å². The van der Waals surface area contributed by atoms with Gasteiger partial charge >= 0.3 is 57.5 Å². The van der Waals surface area contributed by atoms with E-state index in [1.54, 1.807) is 0 Å². The summed E-state index contributed by atoms with van der Waals surface area (Å²) >= 11 is 0. The molecule has 1 amide bonds. The zero-order valence-electron chi connectivity index (χ0n) is 18.8. The second kappa shape index (κ2) is 15.5. The standard InChI is InChI=1S/C11H17NO2.C11H20O.CH4.K.H2O.2H2S/c13-10-12-7-3-4-9(12)8-11(14-10)5-1-2-6-11;12-11(7-3-4-8-11)9-10-5-1-2-6-10;;;;;/h9H,1-8H2;10,12H,1-9H2;1H4;;3*1H2/q;;;+1;;;/p-1/t9-;;;;;;/m0....../s1. The van der Waals surface area contributed by atoms with Gasteiger partial charge < -0.3 is 20.2 Å². The average Bonchev–Trinajstić information content (AvgIpc) is 3.37. The van der Waals surface area contributed by atoms with Gasteiger partial charge in [0.1, 0.15) is 5.60 Å². The van der Waals surface area contributed by atoms with E-state index in [1.807, 2.05) is 4.90 Å². The molecule has 1 atom stereocenters. The van der Waals surface area contributed by atoms with E-state index in [-0.39, 0.29) is 109 Å². The molecule has 1 spiro atoms. The zero-order valence-corrected chi connectivity index (χ0v) is 24.0. The van der Waals surface area contributed by atoms with Crippen LogP contribution in [0, 0.1) is 5.92 Å². The predicted molar refractivity (Wildman–Crippen MR) is 131 cm³/mol. The Kier molecular flexibility index (Phi) is 17.4. The van der Waals surface area contributed by atoms with Gasteiger partial charge in [0, 0.05) is 19.0 Å². The van der Waals surface area contributed by atoms with Gasteiger partial charge in [0.15, 0.2) is 0 Å². The number of fused-ring (bicyclic) bond motifs is 1. The fraction of sp³-hybridized carbons (Fsp3) is 0.957. The summed E-state index contributed by atoms with van der Waals surface area (Å²) in [4.78, 5) is 13.7. The molecule has 0 aromatic carbocycles. The van der Waals surface area contributed by atoms with Crippen LogP contribution < -0.4 is 51.4 Å². The quantitative estimate of drug-likeness (QED) is 0.588. The van der Waals surface area contributed by atoms with Crippen molar-refractivity contribution in [3.05, 3.63) is 0 Å². The summed E-state index contributed by atoms with van der Waals surface area (Å²) < 4.78 is 5.64. The predicted octanol–water partition coefficient (Wildman–Crippen LogP) is 2.86. The van der Waals surface area contributed by atoms with Crippen molar-refractivity contribution in [2.24, 2.45) is 5.92 Å². The van der Waals surface area contributed by atoms with E-state index in [9.17, 15) is 9.90 Å². The Morgan fingerprint density at radius 3 is 2.03 bits per heavy atom. The van der Waals surface area contributed by atoms with E-state index < -0.39 is 0 Å². The summed E-state index contributed by atoms with van der Waals surface area (Å²) in [7, 11) is 0. The Balaban J connectivity index is 0. The van der Waals surface area contributed by atoms with Crippen LogP contribution in [0.25, 0.3) is 0 Å². The topological polar surface area (TPSA) is 79.8 Å². The third-order valence-corrected chi connectivity index (χ3v) is 7.72. The Hall–Kier alpha value is 1.53. The number of carbonyl (C=O) groups excluding carboxylic acids is 1. The molecule has 0 bridgehead atoms. The number of nitrogens with zero attached hydrogens (tertiary/aromatic N) is 1. The van der Waals surface area contributed by atoms with Crippen LogP contribution in [0.5, 0.6) is 0 Å². The van der Waals surface area contributed by atoms with Crippen LogP contribution in [0.4, 0.5) is 4.79 Å². The zero-order chi connectivity index (χ0) is 18.0. The molecule has 5 aliphatic rings. The molecule has 2 aliphatic heterocycles. The molecule has 5 nitrogen and oxygen atoms in total. The van der Waals surface area contributed by atoms with Gasteiger partial charge in [-0.15, -0.1) is 0 Å². The maximum Gasteiger partial charge on any atom is 1.00 e. The first-order valence-corrected chi connectivity index (χ1v) is 11.3. The number of carbonyl (C=O) groups is 1. The Bertz CT molecular complexity index is 508. The molecule has 180 valence electrons. The number of amides is 1. The van der Waals surface area contributed by atoms with E-state index in [4.69, 9.17) is 4.74 Å². The molecule has 2 saturated heterocycles. The van der Waals surface area contributed by atoms with Crippen molar-refractivity contribution >= 4 is 33.1 Å². The third kappa shape index (κ3) is 8.91. The molecule has 0 aromatic rings. The van der Waals surface area contributed by atoms with Gasteiger partial charge in [-0.05, 0) is 63.7 Å². The van der Waals surface area contributed by atoms with Crippen LogP contribution in [0.2, 0.25) is 0 Å². The van der Waals surface area contributed by atoms with Crippen LogP contribution >= 0.6 is 27.0 Å². The Labute approximate surface area is 246 Å². The molecule has 0 aromatic heterocycles. The molecule has 2 heterocycles. The van der Waals surface area contributed by atoms with Crippen LogP contribution in [0.15, 0.2) is 0 Å². The molecule has 3 saturated carbocycles. The van der Waals surface area contributed by atoms with Crippen molar-refractivity contribution < 1.29 is 71.5 Å². The monoisotopic (exact) mass is 503 g/mol. The van der Waals surface area contributed by atoms with Crippen molar-refractivity contribution in [3.8, 4) is 0 Å². The van der Waals surface area contributed by atoms with Gasteiger partial charge in [0.05, 0.1) is 5.60 Å². The normalized spacial score (nSPS) is 27.2. The number of hydrogen-bond acceptors (Lipinski definition) is 4. The second-order valence-corrected chi connectivity index (χ2v) is 9.74. The minimum absolute atomic E-state index is 0. The maximum absolute atomic E-state index is 11.7. The van der Waals surface area contributed by atoms with Gasteiger partial charge in [0.25, 0.3) is 0 Å². The third-order valence-electron chi connectivity index (χ3n) is 7.72. The molecule has 5 fully saturated rings. The summed E-state index contributed by atoms with van der Waals surface area (Å²) in [5, 5.41) is 10.2. The molecule has 0 unspecified atom stereocenters. The van der Waals surface area contributed by atoms with Crippen molar-refractivity contribution in [3.63, 3.8) is 0 Å². The van der Waals surface area contributed by atoms with Crippen LogP contribution in [0.1, 0.15) is 110 Å². The van der Waals surface area contributed by atoms with Crippen molar-refractivity contribution in [2.45, 2.75) is 127 Å². The molecular formula is C23H46KNO4S2. The molecule has 2 N–H and O–H groups in total. The minimum atomic E-state index is -0.241. The van der Waals surface area contributed by atoms with Crippen molar-refractivity contribution in [1.29, 1.82) is 0 Å². The van der Waals surface area contributed by atoms with E-state index in [0.29, 0.717) is 6.04 Å². The summed E-state index contributed by atoms with van der Waals surface area (Å²) in [6.07, 6.45) is 19.4. The van der Waals surface area contributed by atoms with E-state index in [0.717, 1.165) is 57.4 Å². The Morgan fingerprint density at radius 2 is 1.45 bits per heavy atom. The number of hydrogen-bond donors (Lipinski definition) is 1. The largest absolute Gasteiger partial charge is 1.00 e. The smallest absolute Gasteiger partial charge is 0.870 e. The van der Waals surface area contributed by atoms with Gasteiger partial charge in [-0.3, -0.25) is 0 Å². The summed E-state index contributed by atoms with van der Waals surface area (Å²) in [5.74, 6) is 0.855. The fourth-order valence-corrected chi connectivity index (χ4v) is 6.32. The van der Waals surface area contributed by atoms with Gasteiger partial charge in [-0.1, -0.05) is 46.0 Å².